The van der Waals surface area contributed by atoms with Crippen molar-refractivity contribution < 1.29 is 24.2 Å². The molecule has 1 saturated heterocycles. The van der Waals surface area contributed by atoms with E-state index >= 15 is 0 Å². The van der Waals surface area contributed by atoms with Gasteiger partial charge in [-0.25, -0.2) is 0 Å². The highest BCUT2D eigenvalue weighted by atomic mass is 16.6. The molecule has 0 radical (unpaired) electrons. The third kappa shape index (κ3) is 7.16. The molecule has 150 valence electrons. The fraction of sp³-hybridized carbons (Fsp3) is 0.850. The number of carbonyl (C=O) groups is 3. The lowest BCUT2D eigenvalue weighted by Gasteiger charge is -2.23. The monoisotopic (exact) mass is 369 g/mol. The van der Waals surface area contributed by atoms with E-state index in [-0.39, 0.29) is 43.0 Å². The van der Waals surface area contributed by atoms with Gasteiger partial charge in [-0.2, -0.15) is 0 Å². The normalized spacial score (nSPS) is 21.3. The van der Waals surface area contributed by atoms with Crippen LogP contribution in [0.25, 0.3) is 0 Å². The van der Waals surface area contributed by atoms with Crippen molar-refractivity contribution in [2.45, 2.75) is 84.3 Å². The number of epoxide rings is 1. The number of carbonyl (C=O) groups excluding carboxylic acids is 3. The van der Waals surface area contributed by atoms with Gasteiger partial charge >= 0.3 is 0 Å². The molecule has 1 fully saturated rings. The number of Topliss-reactive ketones (excluding diaryl/α,β-unsaturated/α-hetero) is 2. The van der Waals surface area contributed by atoms with Crippen LogP contribution in [0.4, 0.5) is 0 Å². The van der Waals surface area contributed by atoms with Crippen LogP contribution < -0.4 is 5.32 Å². The van der Waals surface area contributed by atoms with Gasteiger partial charge in [-0.05, 0) is 18.8 Å². The van der Waals surface area contributed by atoms with Gasteiger partial charge in [0.25, 0.3) is 0 Å². The van der Waals surface area contributed by atoms with Gasteiger partial charge in [0.1, 0.15) is 5.78 Å². The topological polar surface area (TPSA) is 96.0 Å². The zero-order chi connectivity index (χ0) is 19.7. The second-order valence-electron chi connectivity index (χ2n) is 7.95. The Morgan fingerprint density at radius 2 is 1.81 bits per heavy atom. The fourth-order valence-electron chi connectivity index (χ4n) is 3.02. The number of ether oxygens (including phenoxy) is 1. The lowest BCUT2D eigenvalue weighted by molar-refractivity contribution is -0.134. The molecule has 0 spiro atoms. The minimum absolute atomic E-state index is 0.0906. The third-order valence-electron chi connectivity index (χ3n) is 4.83. The fourth-order valence-corrected chi connectivity index (χ4v) is 3.02. The summed E-state index contributed by atoms with van der Waals surface area (Å²) in [5, 5.41) is 12.2. The van der Waals surface area contributed by atoms with Gasteiger partial charge in [0, 0.05) is 18.8 Å². The summed E-state index contributed by atoms with van der Waals surface area (Å²) in [6.07, 6.45) is 5.33. The number of amides is 1. The molecule has 0 unspecified atom stereocenters. The molecule has 2 N–H and O–H groups in total. The van der Waals surface area contributed by atoms with E-state index in [0.717, 1.165) is 25.7 Å². The number of ketones is 2. The first-order valence-corrected chi connectivity index (χ1v) is 9.87. The maximum Gasteiger partial charge on any atom is 0.223 e. The average Bonchev–Trinajstić information content (AvgIpc) is 3.38. The highest BCUT2D eigenvalue weighted by molar-refractivity contribution is 5.97. The van der Waals surface area contributed by atoms with Crippen molar-refractivity contribution in [3.05, 3.63) is 0 Å². The van der Waals surface area contributed by atoms with Crippen molar-refractivity contribution in [2.24, 2.45) is 11.8 Å². The number of unbranched alkanes of at least 4 members (excludes halogenated alkanes) is 3. The van der Waals surface area contributed by atoms with E-state index in [1.165, 1.54) is 0 Å². The quantitative estimate of drug-likeness (QED) is 0.362. The van der Waals surface area contributed by atoms with Gasteiger partial charge in [-0.1, -0.05) is 47.0 Å². The van der Waals surface area contributed by atoms with Crippen molar-refractivity contribution >= 4 is 17.5 Å². The molecule has 6 nitrogen and oxygen atoms in total. The van der Waals surface area contributed by atoms with Crippen LogP contribution >= 0.6 is 0 Å². The number of aliphatic hydroxyl groups excluding tert-OH is 1. The van der Waals surface area contributed by atoms with E-state index in [0.29, 0.717) is 12.8 Å². The zero-order valence-corrected chi connectivity index (χ0v) is 16.7. The molecule has 1 rings (SSSR count). The van der Waals surface area contributed by atoms with Crippen LogP contribution in [0.5, 0.6) is 0 Å². The maximum absolute atomic E-state index is 12.6. The van der Waals surface area contributed by atoms with Gasteiger partial charge in [0.2, 0.25) is 5.91 Å². The number of hydrogen-bond donors (Lipinski definition) is 2. The van der Waals surface area contributed by atoms with E-state index in [4.69, 9.17) is 4.74 Å². The predicted molar refractivity (Wildman–Crippen MR) is 99.7 cm³/mol. The van der Waals surface area contributed by atoms with Gasteiger partial charge in [-0.15, -0.1) is 0 Å². The van der Waals surface area contributed by atoms with E-state index in [1.54, 1.807) is 6.92 Å². The molecule has 0 aliphatic carbocycles. The minimum atomic E-state index is -1.15. The van der Waals surface area contributed by atoms with Gasteiger partial charge < -0.3 is 15.2 Å². The smallest absolute Gasteiger partial charge is 0.223 e. The van der Waals surface area contributed by atoms with Crippen LogP contribution in [0.1, 0.15) is 72.6 Å². The first-order valence-electron chi connectivity index (χ1n) is 9.87. The van der Waals surface area contributed by atoms with Crippen molar-refractivity contribution in [3.8, 4) is 0 Å². The van der Waals surface area contributed by atoms with Crippen molar-refractivity contribution in [2.75, 3.05) is 13.2 Å². The molecule has 3 atom stereocenters. The first-order chi connectivity index (χ1) is 12.3. The van der Waals surface area contributed by atoms with Gasteiger partial charge in [-0.3, -0.25) is 14.4 Å². The van der Waals surface area contributed by atoms with Crippen molar-refractivity contribution in [1.29, 1.82) is 0 Å². The van der Waals surface area contributed by atoms with Gasteiger partial charge in [0.05, 0.1) is 19.3 Å². The summed E-state index contributed by atoms with van der Waals surface area (Å²) in [6, 6.07) is -0.695. The van der Waals surface area contributed by atoms with Crippen LogP contribution in [0.3, 0.4) is 0 Å². The van der Waals surface area contributed by atoms with Crippen LogP contribution in [0.2, 0.25) is 0 Å². The highest BCUT2D eigenvalue weighted by Crippen LogP contribution is 2.30. The molecule has 26 heavy (non-hydrogen) atoms. The van der Waals surface area contributed by atoms with Gasteiger partial charge in [0.15, 0.2) is 11.4 Å². The summed E-state index contributed by atoms with van der Waals surface area (Å²) < 4.78 is 5.14. The van der Waals surface area contributed by atoms with Crippen LogP contribution in [-0.4, -0.2) is 47.4 Å². The lowest BCUT2D eigenvalue weighted by Crippen LogP contribution is -2.50. The lowest BCUT2D eigenvalue weighted by atomic mass is 9.92. The predicted octanol–water partition coefficient (Wildman–Crippen LogP) is 2.41. The average molecular weight is 370 g/mol. The molecular formula is C20H35NO5. The van der Waals surface area contributed by atoms with Crippen molar-refractivity contribution in [3.63, 3.8) is 0 Å². The van der Waals surface area contributed by atoms with Crippen molar-refractivity contribution in [1.82, 2.24) is 5.32 Å². The molecular weight excluding hydrogens is 334 g/mol. The molecule has 1 amide bonds. The van der Waals surface area contributed by atoms with E-state index in [1.807, 2.05) is 13.8 Å². The van der Waals surface area contributed by atoms with Crippen LogP contribution in [0.15, 0.2) is 0 Å². The largest absolute Gasteiger partial charge is 0.393 e. The zero-order valence-electron chi connectivity index (χ0n) is 16.7. The molecule has 1 aliphatic heterocycles. The molecule has 0 saturated carbocycles. The molecule has 0 bridgehead atoms. The Morgan fingerprint density at radius 3 is 2.31 bits per heavy atom. The van der Waals surface area contributed by atoms with E-state index in [9.17, 15) is 19.5 Å². The molecule has 1 aliphatic rings. The Bertz CT molecular complexity index is 485. The Morgan fingerprint density at radius 1 is 1.15 bits per heavy atom. The standard InChI is InChI=1S/C20H35NO5/c1-5-6-7-8-9-16(23)11-15(4)19(25)21-17(10-14(2)3)18(24)20(12-22)13-26-20/h14-15,17,22H,5-13H2,1-4H3,(H,21,25)/t15-,17+,20-/m1/s1. The summed E-state index contributed by atoms with van der Waals surface area (Å²) >= 11 is 0. The SMILES string of the molecule is CCCCCCC(=O)C[C@@H](C)C(=O)N[C@@H](CC(C)C)C(=O)[C@@]1(CO)CO1. The Balaban J connectivity index is 2.54. The molecule has 0 aromatic rings. The highest BCUT2D eigenvalue weighted by Gasteiger charge is 2.54. The Hall–Kier alpha value is -1.27. The third-order valence-corrected chi connectivity index (χ3v) is 4.83. The summed E-state index contributed by atoms with van der Waals surface area (Å²) in [7, 11) is 0. The van der Waals surface area contributed by atoms with E-state index in [2.05, 4.69) is 12.2 Å². The minimum Gasteiger partial charge on any atom is -0.393 e. The summed E-state index contributed by atoms with van der Waals surface area (Å²) in [5.74, 6) is -0.747. The first kappa shape index (κ1) is 22.8. The number of hydrogen-bond acceptors (Lipinski definition) is 5. The summed E-state index contributed by atoms with van der Waals surface area (Å²) in [4.78, 5) is 37.1. The van der Waals surface area contributed by atoms with Crippen LogP contribution in [0, 0.1) is 11.8 Å². The summed E-state index contributed by atoms with van der Waals surface area (Å²) in [5.41, 5.74) is -1.15. The number of rotatable bonds is 14. The summed E-state index contributed by atoms with van der Waals surface area (Å²) in [6.45, 7) is 7.59. The van der Waals surface area contributed by atoms with Crippen LogP contribution in [-0.2, 0) is 19.1 Å². The number of aliphatic hydroxyl groups is 1. The molecule has 0 aromatic heterocycles. The molecule has 0 aromatic carbocycles. The second-order valence-corrected chi connectivity index (χ2v) is 7.95. The number of nitrogens with one attached hydrogen (secondary N) is 1. The van der Waals surface area contributed by atoms with E-state index < -0.39 is 17.6 Å². The maximum atomic E-state index is 12.6. The second kappa shape index (κ2) is 10.8. The molecule has 1 heterocycles. The molecule has 6 heteroatoms. The Labute approximate surface area is 157 Å². The Kier molecular flexibility index (Phi) is 9.44.